The largest absolute Gasteiger partial charge is 0.475 e. The number of primary amides is 1. The number of nitrogens with two attached hydrogens (primary N) is 1. The molecule has 0 aliphatic carbocycles. The summed E-state index contributed by atoms with van der Waals surface area (Å²) >= 11 is 0. The van der Waals surface area contributed by atoms with Gasteiger partial charge in [0.1, 0.15) is 24.2 Å². The molecule has 2 aromatic rings. The standard InChI is InChI=1S/C38H56BN7O9/c1-5-6-7-8-9-25-10-12-27(13-11-25)28-14-16-29(17-15-28)38(53)46-21-26(20-40)18-31(46)36(51)45-33(23(3)47)37(52)42-22(2)34(49)44-30(19-32(41)48)35(50)43-24(4)39(54)55/h10-17,22-24,26,30-31,33,47,54-55H,5-9,18-21,40H2,1-4H3,(H2,41,48)(H,42,52)(H,43,50)(H,44,49)(H,45,51)/p+1/t22-,23-,24-,26?,30-,31-,33-/m0/s1. The molecule has 6 amide bonds. The van der Waals surface area contributed by atoms with E-state index in [1.807, 2.05) is 12.1 Å². The molecule has 55 heavy (non-hydrogen) atoms. The van der Waals surface area contributed by atoms with E-state index < -0.39 is 79.3 Å². The van der Waals surface area contributed by atoms with Gasteiger partial charge in [-0.05, 0) is 68.9 Å². The molecule has 1 fully saturated rings. The first-order valence-electron chi connectivity index (χ1n) is 18.9. The Kier molecular flexibility index (Phi) is 17.3. The van der Waals surface area contributed by atoms with Gasteiger partial charge >= 0.3 is 7.12 Å². The molecular weight excluding hydrogens is 709 g/mol. The fourth-order valence-corrected chi connectivity index (χ4v) is 6.33. The molecule has 1 unspecified atom stereocenters. The number of amides is 6. The Balaban J connectivity index is 1.67. The van der Waals surface area contributed by atoms with Gasteiger partial charge in [0, 0.05) is 18.0 Å². The van der Waals surface area contributed by atoms with Crippen molar-refractivity contribution in [2.45, 2.75) is 109 Å². The number of hydrogen-bond donors (Lipinski definition) is 9. The molecule has 2 aromatic carbocycles. The predicted octanol–water partition coefficient (Wildman–Crippen LogP) is -1.20. The van der Waals surface area contributed by atoms with Gasteiger partial charge in [-0.2, -0.15) is 0 Å². The van der Waals surface area contributed by atoms with Gasteiger partial charge in [-0.3, -0.25) is 28.8 Å². The van der Waals surface area contributed by atoms with Gasteiger partial charge in [0.05, 0.1) is 25.0 Å². The van der Waals surface area contributed by atoms with Gasteiger partial charge < -0.3 is 52.8 Å². The van der Waals surface area contributed by atoms with E-state index in [1.165, 1.54) is 50.5 Å². The van der Waals surface area contributed by atoms with Crippen molar-refractivity contribution < 1.29 is 49.7 Å². The third kappa shape index (κ3) is 13.2. The summed E-state index contributed by atoms with van der Waals surface area (Å²) in [6, 6.07) is 10.2. The Bertz CT molecular complexity index is 1620. The lowest BCUT2D eigenvalue weighted by Gasteiger charge is -2.28. The predicted molar refractivity (Wildman–Crippen MR) is 205 cm³/mol. The van der Waals surface area contributed by atoms with E-state index >= 15 is 0 Å². The number of likely N-dealkylation sites (tertiary alicyclic amines) is 1. The van der Waals surface area contributed by atoms with Gasteiger partial charge in [0.2, 0.25) is 29.5 Å². The maximum Gasteiger partial charge on any atom is 0.475 e. The number of nitrogens with zero attached hydrogens (tertiary/aromatic N) is 1. The second-order valence-corrected chi connectivity index (χ2v) is 14.3. The summed E-state index contributed by atoms with van der Waals surface area (Å²) < 4.78 is 0. The van der Waals surface area contributed by atoms with E-state index in [0.717, 1.165) is 24.0 Å². The van der Waals surface area contributed by atoms with Crippen molar-refractivity contribution in [3.05, 3.63) is 59.7 Å². The van der Waals surface area contributed by atoms with Crippen molar-refractivity contribution in [1.82, 2.24) is 26.2 Å². The summed E-state index contributed by atoms with van der Waals surface area (Å²) in [5.74, 6) is -5.96. The Morgan fingerprint density at radius 1 is 0.855 bits per heavy atom. The van der Waals surface area contributed by atoms with Crippen molar-refractivity contribution in [3.8, 4) is 11.1 Å². The quantitative estimate of drug-likeness (QED) is 0.0578. The van der Waals surface area contributed by atoms with Crippen LogP contribution in [0.15, 0.2) is 48.5 Å². The molecule has 1 heterocycles. The first-order valence-corrected chi connectivity index (χ1v) is 18.9. The van der Waals surface area contributed by atoms with Gasteiger partial charge in [0.25, 0.3) is 5.91 Å². The summed E-state index contributed by atoms with van der Waals surface area (Å²) in [6.45, 7) is 6.76. The zero-order chi connectivity index (χ0) is 40.8. The molecule has 0 bridgehead atoms. The van der Waals surface area contributed by atoms with E-state index in [2.05, 4.69) is 58.2 Å². The number of carbonyl (C=O) groups is 6. The minimum atomic E-state index is -1.91. The number of nitrogens with one attached hydrogen (secondary N) is 4. The minimum Gasteiger partial charge on any atom is -0.426 e. The molecule has 3 rings (SSSR count). The summed E-state index contributed by atoms with van der Waals surface area (Å²) in [7, 11) is -1.91. The minimum absolute atomic E-state index is 0.0869. The fourth-order valence-electron chi connectivity index (χ4n) is 6.33. The van der Waals surface area contributed by atoms with Gasteiger partial charge in [-0.15, -0.1) is 0 Å². The smallest absolute Gasteiger partial charge is 0.426 e. The van der Waals surface area contributed by atoms with E-state index in [9.17, 15) is 43.9 Å². The van der Waals surface area contributed by atoms with E-state index in [1.54, 1.807) is 12.1 Å². The van der Waals surface area contributed by atoms with Crippen LogP contribution in [0.2, 0.25) is 0 Å². The number of aliphatic hydroxyl groups is 1. The molecule has 0 aromatic heterocycles. The summed E-state index contributed by atoms with van der Waals surface area (Å²) in [5.41, 5.74) is 12.8. The maximum absolute atomic E-state index is 13.8. The Labute approximate surface area is 322 Å². The number of unbranched alkanes of at least 4 members (excludes halogenated alkanes) is 3. The number of aliphatic hydroxyl groups excluding tert-OH is 1. The van der Waals surface area contributed by atoms with Crippen LogP contribution >= 0.6 is 0 Å². The van der Waals surface area contributed by atoms with Crippen LogP contribution < -0.4 is 32.7 Å². The fraction of sp³-hybridized carbons (Fsp3) is 0.526. The average Bonchev–Trinajstić information content (AvgIpc) is 3.59. The van der Waals surface area contributed by atoms with Crippen LogP contribution in [0.25, 0.3) is 11.1 Å². The molecule has 16 nitrogen and oxygen atoms in total. The Morgan fingerprint density at radius 2 is 1.47 bits per heavy atom. The zero-order valence-electron chi connectivity index (χ0n) is 32.1. The second kappa shape index (κ2) is 21.3. The monoisotopic (exact) mass is 766 g/mol. The molecule has 0 spiro atoms. The van der Waals surface area contributed by atoms with Gasteiger partial charge in [-0.25, -0.2) is 0 Å². The molecule has 17 heteroatoms. The van der Waals surface area contributed by atoms with Crippen molar-refractivity contribution >= 4 is 42.6 Å². The van der Waals surface area contributed by atoms with Crippen molar-refractivity contribution in [2.24, 2.45) is 11.7 Å². The SMILES string of the molecule is CCCCCCc1ccc(-c2ccc(C(=O)N3CC(C[NH3+])C[C@H]3C(=O)N[C@H](C(=O)N[C@@H](C)C(=O)N[C@@H](CC(N)=O)C(=O)N[C@@H](C)B(O)O)[C@H](C)O)cc2)cc1. The average molecular weight is 767 g/mol. The molecule has 1 aliphatic rings. The summed E-state index contributed by atoms with van der Waals surface area (Å²) in [5, 5.41) is 38.5. The van der Waals surface area contributed by atoms with Crippen LogP contribution in [-0.4, -0.2) is 112 Å². The third-order valence-electron chi connectivity index (χ3n) is 9.77. The van der Waals surface area contributed by atoms with Crippen LogP contribution in [0, 0.1) is 5.92 Å². The van der Waals surface area contributed by atoms with Crippen LogP contribution in [0.1, 0.15) is 82.1 Å². The lowest BCUT2D eigenvalue weighted by Crippen LogP contribution is -2.60. The van der Waals surface area contributed by atoms with Crippen molar-refractivity contribution in [1.29, 1.82) is 0 Å². The zero-order valence-corrected chi connectivity index (χ0v) is 32.1. The molecule has 12 N–H and O–H groups in total. The number of carbonyl (C=O) groups excluding carboxylic acids is 6. The molecular formula is C38H57BN7O9+. The lowest BCUT2D eigenvalue weighted by molar-refractivity contribution is -0.377. The molecule has 7 atom stereocenters. The van der Waals surface area contributed by atoms with Crippen LogP contribution in [0.3, 0.4) is 0 Å². The Hall–Kier alpha value is -4.84. The number of rotatable bonds is 20. The molecule has 0 radical (unpaired) electrons. The van der Waals surface area contributed by atoms with Crippen LogP contribution in [0.5, 0.6) is 0 Å². The van der Waals surface area contributed by atoms with E-state index in [-0.39, 0.29) is 24.8 Å². The first kappa shape index (κ1) is 44.6. The van der Waals surface area contributed by atoms with Crippen molar-refractivity contribution in [2.75, 3.05) is 13.1 Å². The number of hydrogen-bond acceptors (Lipinski definition) is 9. The first-order chi connectivity index (χ1) is 26.1. The molecule has 300 valence electrons. The molecule has 0 saturated carbocycles. The van der Waals surface area contributed by atoms with Crippen LogP contribution in [0.4, 0.5) is 0 Å². The number of benzene rings is 2. The number of aryl methyl sites for hydroxylation is 1. The second-order valence-electron chi connectivity index (χ2n) is 14.3. The lowest BCUT2D eigenvalue weighted by atomic mass is 9.81. The highest BCUT2D eigenvalue weighted by Gasteiger charge is 2.42. The normalized spacial score (nSPS) is 17.9. The van der Waals surface area contributed by atoms with E-state index in [4.69, 9.17) is 5.73 Å². The molecule has 1 saturated heterocycles. The number of quaternary nitrogens is 1. The Morgan fingerprint density at radius 3 is 2.02 bits per heavy atom. The summed E-state index contributed by atoms with van der Waals surface area (Å²) in [6.07, 6.45) is 4.08. The highest BCUT2D eigenvalue weighted by molar-refractivity contribution is 6.43. The summed E-state index contributed by atoms with van der Waals surface area (Å²) in [4.78, 5) is 79.4. The highest BCUT2D eigenvalue weighted by Crippen LogP contribution is 2.27. The molecule has 1 aliphatic heterocycles. The van der Waals surface area contributed by atoms with Gasteiger partial charge in [-0.1, -0.05) is 62.6 Å². The maximum atomic E-state index is 13.8. The van der Waals surface area contributed by atoms with Crippen LogP contribution in [-0.2, 0) is 30.4 Å². The van der Waals surface area contributed by atoms with E-state index in [0.29, 0.717) is 12.1 Å². The van der Waals surface area contributed by atoms with Crippen molar-refractivity contribution in [3.63, 3.8) is 0 Å². The van der Waals surface area contributed by atoms with Gasteiger partial charge in [0.15, 0.2) is 0 Å². The highest BCUT2D eigenvalue weighted by atomic mass is 16.4. The topological polar surface area (TPSA) is 268 Å². The third-order valence-corrected chi connectivity index (χ3v) is 9.77.